The van der Waals surface area contributed by atoms with Gasteiger partial charge in [0.15, 0.2) is 11.9 Å². The van der Waals surface area contributed by atoms with Crippen LogP contribution in [0.5, 0.6) is 0 Å². The second kappa shape index (κ2) is 3.94. The molecule has 4 heterocycles. The van der Waals surface area contributed by atoms with Gasteiger partial charge >= 0.3 is 0 Å². The first-order valence-corrected chi connectivity index (χ1v) is 7.71. The Morgan fingerprint density at radius 1 is 0.947 bits per heavy atom. The van der Waals surface area contributed by atoms with Gasteiger partial charge < -0.3 is 9.47 Å². The fourth-order valence-electron chi connectivity index (χ4n) is 4.88. The molecular weight excluding hydrogens is 244 g/mol. The Morgan fingerprint density at radius 2 is 1.74 bits per heavy atom. The van der Waals surface area contributed by atoms with E-state index in [9.17, 15) is 0 Å². The molecule has 1 saturated carbocycles. The van der Waals surface area contributed by atoms with Crippen LogP contribution in [-0.4, -0.2) is 24.3 Å². The Morgan fingerprint density at radius 3 is 2.58 bits per heavy atom. The van der Waals surface area contributed by atoms with Crippen molar-refractivity contribution < 1.29 is 19.2 Å². The fraction of sp³-hybridized carbons (Fsp3) is 1.00. The number of ether oxygens (including phenoxy) is 2. The predicted octanol–water partition coefficient (Wildman–Crippen LogP) is 2.87. The van der Waals surface area contributed by atoms with E-state index in [0.29, 0.717) is 23.7 Å². The largest absolute Gasteiger partial charge is 0.349 e. The summed E-state index contributed by atoms with van der Waals surface area (Å²) in [4.78, 5) is 11.7. The highest BCUT2D eigenvalue weighted by Gasteiger charge is 2.67. The second-order valence-electron chi connectivity index (χ2n) is 7.22. The predicted molar refractivity (Wildman–Crippen MR) is 67.9 cm³/mol. The lowest BCUT2D eigenvalue weighted by Crippen LogP contribution is -2.68. The van der Waals surface area contributed by atoms with Crippen LogP contribution < -0.4 is 0 Å². The number of hydrogen-bond donors (Lipinski definition) is 0. The molecule has 108 valence electrons. The Kier molecular flexibility index (Phi) is 2.61. The van der Waals surface area contributed by atoms with Crippen LogP contribution in [0, 0.1) is 23.7 Å². The third-order valence-corrected chi connectivity index (χ3v) is 5.97. The van der Waals surface area contributed by atoms with E-state index < -0.39 is 5.79 Å². The standard InChI is InChI=1S/C15H24O4/c1-9-4-5-11-10(2)8-16-13-15(11)12(9)6-7-14(3,17-13)18-19-15/h9-13H,4-8H2,1-3H3/t9-,10?,11?,12+,13-,14?,15+/m1/s1. The van der Waals surface area contributed by atoms with Gasteiger partial charge in [-0.3, -0.25) is 0 Å². The van der Waals surface area contributed by atoms with Gasteiger partial charge in [-0.1, -0.05) is 13.8 Å². The molecule has 4 nitrogen and oxygen atoms in total. The van der Waals surface area contributed by atoms with Gasteiger partial charge in [0.05, 0.1) is 6.61 Å². The highest BCUT2D eigenvalue weighted by molar-refractivity contribution is 5.08. The van der Waals surface area contributed by atoms with Crippen LogP contribution in [0.4, 0.5) is 0 Å². The van der Waals surface area contributed by atoms with Gasteiger partial charge in [0, 0.05) is 12.3 Å². The molecule has 3 unspecified atom stereocenters. The van der Waals surface area contributed by atoms with Crippen LogP contribution in [0.2, 0.25) is 0 Å². The molecule has 1 spiro atoms. The molecule has 0 radical (unpaired) electrons. The van der Waals surface area contributed by atoms with Crippen molar-refractivity contribution in [2.24, 2.45) is 23.7 Å². The van der Waals surface area contributed by atoms with E-state index in [1.807, 2.05) is 6.92 Å². The monoisotopic (exact) mass is 268 g/mol. The number of fused-ring (bicyclic) bond motifs is 2. The van der Waals surface area contributed by atoms with Crippen LogP contribution in [-0.2, 0) is 19.2 Å². The highest BCUT2D eigenvalue weighted by Crippen LogP contribution is 2.59. The summed E-state index contributed by atoms with van der Waals surface area (Å²) in [5.41, 5.74) is -0.370. The zero-order chi connectivity index (χ0) is 13.3. The minimum Gasteiger partial charge on any atom is -0.349 e. The summed E-state index contributed by atoms with van der Waals surface area (Å²) < 4.78 is 12.2. The number of hydrogen-bond acceptors (Lipinski definition) is 4. The summed E-state index contributed by atoms with van der Waals surface area (Å²) in [7, 11) is 0. The maximum absolute atomic E-state index is 6.16. The van der Waals surface area contributed by atoms with E-state index in [4.69, 9.17) is 19.2 Å². The van der Waals surface area contributed by atoms with Gasteiger partial charge in [-0.05, 0) is 43.9 Å². The molecule has 0 aromatic heterocycles. The van der Waals surface area contributed by atoms with E-state index in [1.165, 1.54) is 12.8 Å². The van der Waals surface area contributed by atoms with Crippen molar-refractivity contribution >= 4 is 0 Å². The van der Waals surface area contributed by atoms with Gasteiger partial charge in [-0.15, -0.1) is 0 Å². The third kappa shape index (κ3) is 1.54. The molecule has 5 fully saturated rings. The van der Waals surface area contributed by atoms with E-state index in [0.717, 1.165) is 19.4 Å². The Labute approximate surface area is 114 Å². The lowest BCUT2D eigenvalue weighted by atomic mass is 9.58. The lowest BCUT2D eigenvalue weighted by molar-refractivity contribution is -0.566. The van der Waals surface area contributed by atoms with Crippen LogP contribution >= 0.6 is 0 Å². The van der Waals surface area contributed by atoms with Crippen LogP contribution in [0.25, 0.3) is 0 Å². The molecule has 4 saturated heterocycles. The molecule has 0 aromatic rings. The molecule has 2 bridgehead atoms. The van der Waals surface area contributed by atoms with Crippen LogP contribution in [0.15, 0.2) is 0 Å². The van der Waals surface area contributed by atoms with Gasteiger partial charge in [0.25, 0.3) is 0 Å². The summed E-state index contributed by atoms with van der Waals surface area (Å²) in [6.07, 6.45) is 4.24. The van der Waals surface area contributed by atoms with E-state index >= 15 is 0 Å². The Balaban J connectivity index is 1.81. The molecule has 5 aliphatic rings. The molecule has 19 heavy (non-hydrogen) atoms. The second-order valence-corrected chi connectivity index (χ2v) is 7.22. The van der Waals surface area contributed by atoms with Crippen molar-refractivity contribution in [1.29, 1.82) is 0 Å². The minimum absolute atomic E-state index is 0.248. The van der Waals surface area contributed by atoms with Crippen molar-refractivity contribution in [2.75, 3.05) is 6.61 Å². The summed E-state index contributed by atoms with van der Waals surface area (Å²) in [5.74, 6) is 1.53. The average molecular weight is 268 g/mol. The molecule has 4 heteroatoms. The van der Waals surface area contributed by atoms with Crippen molar-refractivity contribution in [3.8, 4) is 0 Å². The van der Waals surface area contributed by atoms with Crippen molar-refractivity contribution in [2.45, 2.75) is 64.1 Å². The molecule has 7 atom stereocenters. The van der Waals surface area contributed by atoms with Gasteiger partial charge in [-0.2, -0.15) is 0 Å². The third-order valence-electron chi connectivity index (χ3n) is 5.97. The lowest BCUT2D eigenvalue weighted by Gasteiger charge is -2.58. The summed E-state index contributed by atoms with van der Waals surface area (Å²) in [6, 6.07) is 0. The Hall–Kier alpha value is -0.160. The SMILES string of the molecule is CC1CO[C@@H]2OC3(C)CC[C@H]4[C@H](C)CCC1[C@@]24OO3. The Bertz CT molecular complexity index is 386. The maximum Gasteiger partial charge on any atom is 0.201 e. The average Bonchev–Trinajstić information content (AvgIpc) is 2.61. The zero-order valence-corrected chi connectivity index (χ0v) is 12.1. The fourth-order valence-corrected chi connectivity index (χ4v) is 4.88. The summed E-state index contributed by atoms with van der Waals surface area (Å²) in [5, 5.41) is 0. The minimum atomic E-state index is -0.627. The first kappa shape index (κ1) is 12.6. The van der Waals surface area contributed by atoms with Crippen LogP contribution in [0.1, 0.15) is 46.5 Å². The maximum atomic E-state index is 6.16. The molecule has 4 aliphatic heterocycles. The summed E-state index contributed by atoms with van der Waals surface area (Å²) >= 11 is 0. The van der Waals surface area contributed by atoms with Crippen molar-refractivity contribution in [3.05, 3.63) is 0 Å². The van der Waals surface area contributed by atoms with Crippen molar-refractivity contribution in [3.63, 3.8) is 0 Å². The molecule has 0 amide bonds. The van der Waals surface area contributed by atoms with E-state index in [2.05, 4.69) is 13.8 Å². The van der Waals surface area contributed by atoms with Gasteiger partial charge in [0.2, 0.25) is 5.79 Å². The summed E-state index contributed by atoms with van der Waals surface area (Å²) in [6.45, 7) is 7.36. The first-order chi connectivity index (χ1) is 9.05. The molecule has 1 aliphatic carbocycles. The zero-order valence-electron chi connectivity index (χ0n) is 12.1. The smallest absolute Gasteiger partial charge is 0.201 e. The van der Waals surface area contributed by atoms with Crippen molar-refractivity contribution in [1.82, 2.24) is 0 Å². The highest BCUT2D eigenvalue weighted by atomic mass is 17.3. The first-order valence-electron chi connectivity index (χ1n) is 7.71. The molecular formula is C15H24O4. The normalized spacial score (nSPS) is 60.5. The van der Waals surface area contributed by atoms with E-state index in [1.54, 1.807) is 0 Å². The number of rotatable bonds is 0. The van der Waals surface area contributed by atoms with Crippen LogP contribution in [0.3, 0.4) is 0 Å². The van der Waals surface area contributed by atoms with Gasteiger partial charge in [-0.25, -0.2) is 9.78 Å². The molecule has 0 N–H and O–H groups in total. The van der Waals surface area contributed by atoms with Gasteiger partial charge in [0.1, 0.15) is 0 Å². The molecule has 5 rings (SSSR count). The topological polar surface area (TPSA) is 36.9 Å². The quantitative estimate of drug-likeness (QED) is 0.633. The molecule has 0 aromatic carbocycles. The van der Waals surface area contributed by atoms with E-state index in [-0.39, 0.29) is 11.9 Å².